The van der Waals surface area contributed by atoms with Crippen LogP contribution in [0, 0.1) is 113 Å². The summed E-state index contributed by atoms with van der Waals surface area (Å²) >= 11 is 0. The van der Waals surface area contributed by atoms with E-state index in [1.165, 1.54) is 217 Å². The van der Waals surface area contributed by atoms with Gasteiger partial charge in [-0.15, -0.1) is 6.58 Å². The summed E-state index contributed by atoms with van der Waals surface area (Å²) in [6, 6.07) is 21.2. The van der Waals surface area contributed by atoms with Crippen molar-refractivity contribution < 1.29 is 43.6 Å². The van der Waals surface area contributed by atoms with E-state index in [-0.39, 0.29) is 5.78 Å². The van der Waals surface area contributed by atoms with E-state index in [2.05, 4.69) is 231 Å². The lowest BCUT2D eigenvalue weighted by Gasteiger charge is -2.29. The molecule has 634 valence electrons. The van der Waals surface area contributed by atoms with Crippen LogP contribution in [0.4, 0.5) is 0 Å². The van der Waals surface area contributed by atoms with Gasteiger partial charge in [0.15, 0.2) is 0 Å². The highest BCUT2D eigenvalue weighted by atomic mass is 16.5. The number of nitrogens with zero attached hydrogens (tertiary/aromatic N) is 5. The number of likely N-dealkylation sites (tertiary alicyclic amines) is 5. The largest absolute Gasteiger partial charge is 0.493 e. The number of hydrogen-bond acceptors (Lipinski definition) is 14. The maximum atomic E-state index is 10.2. The summed E-state index contributed by atoms with van der Waals surface area (Å²) in [6.45, 7) is 69.9. The summed E-state index contributed by atoms with van der Waals surface area (Å²) in [5.41, 5.74) is 18.5. The highest BCUT2D eigenvalue weighted by molar-refractivity contribution is 6.38. The number of aryl methyl sites for hydroxylation is 2. The van der Waals surface area contributed by atoms with Crippen molar-refractivity contribution in [2.24, 2.45) is 29.6 Å². The zero-order valence-electron chi connectivity index (χ0n) is 77.0. The Morgan fingerprint density at radius 2 is 0.652 bits per heavy atom. The zero-order chi connectivity index (χ0) is 85.0. The summed E-state index contributed by atoms with van der Waals surface area (Å²) in [4.78, 5) is 21.4. The molecule has 3 N–H and O–H groups in total. The normalized spacial score (nSPS) is 16.2. The minimum Gasteiger partial charge on any atom is -0.493 e. The van der Waals surface area contributed by atoms with Crippen molar-refractivity contribution in [3.05, 3.63) is 163 Å². The Bertz CT molecular complexity index is 3350. The van der Waals surface area contributed by atoms with Gasteiger partial charge in [0, 0.05) is 0 Å². The standard InChI is InChI=1S/C18H29NO2.C18H29NO.C18H27NO.2C16H25NO.C3H6O.C3H6.2C2H6.CH5BO2/c1-13-14(2)17(7-6-16(13)18(3,4)20)21-12-15-8-10-19(5)11-9-15;1-13(2)17-6-7-18(15(4)14(17)3)20-12-16-8-10-19(5)11-9-16;1-5-6-17-7-8-18(15(3)14(17)2)20-13-16-9-11-19(4)12-10-16;2*1-12-5-6-16(14(3)13(12)2)18-11-15-7-9-17(4)10-8-15;1-3(2)4;1-3-2;2*1-2;1-2(3)4/h6-7,15,20H,8-12H2,1-5H3;6-7,13,16H,8-12H2,1-5H3;5-8,16H,9-13H2,1-4H3;2*5-6,15H,7-11H2,1-4H3;1-2H3;3H,1H2,2H3;2*1-2H3;3-4H,1H3. The van der Waals surface area contributed by atoms with Gasteiger partial charge in [0.2, 0.25) is 0 Å². The number of hydrogen-bond donors (Lipinski definition) is 3. The number of piperidine rings is 5. The van der Waals surface area contributed by atoms with E-state index in [4.69, 9.17) is 33.7 Å². The van der Waals surface area contributed by atoms with Gasteiger partial charge < -0.3 is 68.1 Å². The molecule has 5 aromatic rings. The molecule has 14 nitrogen and oxygen atoms in total. The predicted molar refractivity (Wildman–Crippen MR) is 483 cm³/mol. The van der Waals surface area contributed by atoms with Crippen LogP contribution in [0.3, 0.4) is 0 Å². The van der Waals surface area contributed by atoms with Gasteiger partial charge in [0.1, 0.15) is 34.5 Å². The van der Waals surface area contributed by atoms with Gasteiger partial charge in [0.05, 0.1) is 38.6 Å². The number of ether oxygens (including phenoxy) is 5. The molecular weight excluding hydrogens is 1390 g/mol. The molecule has 5 aromatic carbocycles. The topological polar surface area (TPSA) is 140 Å². The third-order valence-corrected chi connectivity index (χ3v) is 22.5. The molecule has 0 radical (unpaired) electrons. The molecule has 0 spiro atoms. The summed E-state index contributed by atoms with van der Waals surface area (Å²) in [7, 11) is 9.81. The molecular formula is C97H164BN5O9. The molecule has 10 rings (SSSR count). The molecule has 5 aliphatic heterocycles. The van der Waals surface area contributed by atoms with Crippen LogP contribution >= 0.6 is 0 Å². The molecule has 0 amide bonds. The lowest BCUT2D eigenvalue weighted by Crippen LogP contribution is -2.32. The first-order valence-electron chi connectivity index (χ1n) is 42.7. The number of Topliss-reactive ketones (excluding diaryl/α,β-unsaturated/α-hetero) is 1. The molecule has 15 heteroatoms. The lowest BCUT2D eigenvalue weighted by molar-refractivity contribution is -0.115. The number of rotatable bonds is 18. The highest BCUT2D eigenvalue weighted by Gasteiger charge is 2.25. The van der Waals surface area contributed by atoms with E-state index in [0.717, 1.165) is 96.2 Å². The van der Waals surface area contributed by atoms with E-state index in [0.29, 0.717) is 17.8 Å². The number of aliphatic hydroxyl groups is 1. The van der Waals surface area contributed by atoms with Crippen molar-refractivity contribution >= 4 is 19.0 Å². The molecule has 0 saturated carbocycles. The van der Waals surface area contributed by atoms with Gasteiger partial charge in [-0.3, -0.25) is 0 Å². The molecule has 5 fully saturated rings. The van der Waals surface area contributed by atoms with Gasteiger partial charge in [-0.2, -0.15) is 0 Å². The molecule has 0 unspecified atom stereocenters. The quantitative estimate of drug-likeness (QED) is 0.0566. The number of ketones is 1. The Labute approximate surface area is 687 Å². The fraction of sp³-hybridized carbons (Fsp3) is 0.639. The summed E-state index contributed by atoms with van der Waals surface area (Å²) in [5.74, 6) is 9.50. The third-order valence-electron chi connectivity index (χ3n) is 22.5. The van der Waals surface area contributed by atoms with E-state index < -0.39 is 12.7 Å². The molecule has 0 aromatic heterocycles. The van der Waals surface area contributed by atoms with Gasteiger partial charge in [-0.1, -0.05) is 90.1 Å². The van der Waals surface area contributed by atoms with Crippen molar-refractivity contribution in [3.63, 3.8) is 0 Å². The van der Waals surface area contributed by atoms with Crippen LogP contribution < -0.4 is 23.7 Å². The second-order valence-electron chi connectivity index (χ2n) is 32.9. The van der Waals surface area contributed by atoms with Crippen molar-refractivity contribution in [3.8, 4) is 28.7 Å². The molecule has 0 aliphatic carbocycles. The van der Waals surface area contributed by atoms with Crippen LogP contribution in [0.25, 0.3) is 6.08 Å². The molecule has 0 atom stereocenters. The SMILES string of the molecule is C=CC.CB(O)O.CC.CC.CC(C)=O.CC=Cc1ccc(OCC2CCN(C)CC2)c(C)c1C.Cc1c(OCC2CCN(C)CC2)ccc(C(C)(C)O)c1C.Cc1c(OCC2CCN(C)CC2)ccc(C(C)C)c1C.Cc1ccc(OCC2CCN(C)CC2)c(C)c1C.Cc1ccc(OCC2CCN(C)CC2)c(C)c1C. The maximum absolute atomic E-state index is 10.2. The number of carbonyl (C=O) groups excluding carboxylic acids is 1. The first kappa shape index (κ1) is 104. The van der Waals surface area contributed by atoms with Crippen molar-refractivity contribution in [2.75, 3.05) is 134 Å². The molecule has 5 saturated heterocycles. The second-order valence-corrected chi connectivity index (χ2v) is 32.9. The maximum Gasteiger partial charge on any atom is 0.448 e. The Morgan fingerprint density at radius 3 is 0.902 bits per heavy atom. The minimum absolute atomic E-state index is 0.167. The van der Waals surface area contributed by atoms with Crippen LogP contribution in [0.2, 0.25) is 6.82 Å². The Balaban J connectivity index is 0.000000669. The van der Waals surface area contributed by atoms with Crippen molar-refractivity contribution in [1.82, 2.24) is 24.5 Å². The molecule has 0 bridgehead atoms. The van der Waals surface area contributed by atoms with Gasteiger partial charge in [-0.05, 0) is 446 Å². The summed E-state index contributed by atoms with van der Waals surface area (Å²) in [6.07, 6.45) is 18.5. The van der Waals surface area contributed by atoms with Gasteiger partial charge in [-0.25, -0.2) is 0 Å². The number of allylic oxidation sites excluding steroid dienone is 2. The lowest BCUT2D eigenvalue weighted by atomic mass is 9.91. The van der Waals surface area contributed by atoms with Crippen LogP contribution in [0.1, 0.15) is 237 Å². The molecule has 5 aliphatic rings. The smallest absolute Gasteiger partial charge is 0.448 e. The van der Waals surface area contributed by atoms with E-state index >= 15 is 0 Å². The second kappa shape index (κ2) is 56.3. The van der Waals surface area contributed by atoms with Gasteiger partial charge >= 0.3 is 7.12 Å². The first-order valence-corrected chi connectivity index (χ1v) is 42.7. The fourth-order valence-electron chi connectivity index (χ4n) is 13.9. The Morgan fingerprint density at radius 1 is 0.429 bits per heavy atom. The predicted octanol–water partition coefficient (Wildman–Crippen LogP) is 21.0. The Kier molecular flexibility index (Phi) is 52.3. The highest BCUT2D eigenvalue weighted by Crippen LogP contribution is 2.34. The van der Waals surface area contributed by atoms with Crippen molar-refractivity contribution in [2.45, 2.75) is 249 Å². The van der Waals surface area contributed by atoms with E-state index in [1.54, 1.807) is 6.08 Å². The van der Waals surface area contributed by atoms with Crippen LogP contribution in [-0.4, -0.2) is 186 Å². The zero-order valence-corrected chi connectivity index (χ0v) is 77.0. The number of carbonyl (C=O) groups is 1. The fourth-order valence-corrected chi connectivity index (χ4v) is 13.9. The Hall–Kier alpha value is -6.01. The number of benzene rings is 5. The van der Waals surface area contributed by atoms with Crippen LogP contribution in [-0.2, 0) is 10.4 Å². The summed E-state index contributed by atoms with van der Waals surface area (Å²) < 4.78 is 30.3. The van der Waals surface area contributed by atoms with Crippen molar-refractivity contribution in [1.29, 1.82) is 0 Å². The van der Waals surface area contributed by atoms with E-state index in [9.17, 15) is 9.90 Å². The first-order chi connectivity index (χ1) is 52.9. The van der Waals surface area contributed by atoms with Crippen LogP contribution in [0.15, 0.2) is 79.4 Å². The average molecular weight is 1560 g/mol. The van der Waals surface area contributed by atoms with Gasteiger partial charge in [0.25, 0.3) is 0 Å². The third kappa shape index (κ3) is 39.6. The molecule has 112 heavy (non-hydrogen) atoms. The average Bonchev–Trinajstić information content (AvgIpc) is 0.810. The summed E-state index contributed by atoms with van der Waals surface area (Å²) in [5, 5.41) is 25.4. The van der Waals surface area contributed by atoms with E-state index in [1.807, 2.05) is 60.6 Å². The molecule has 5 heterocycles. The monoisotopic (exact) mass is 1550 g/mol. The minimum atomic E-state index is -1.17. The van der Waals surface area contributed by atoms with Crippen LogP contribution in [0.5, 0.6) is 28.7 Å².